The number of rotatable bonds is 9. The smallest absolute Gasteiger partial charge is 0.148 e. The van der Waals surface area contributed by atoms with E-state index in [4.69, 9.17) is 21.7 Å². The van der Waals surface area contributed by atoms with Crippen LogP contribution < -0.4 is 16.8 Å². The molecule has 208 valence electrons. The Morgan fingerprint density at radius 1 is 1.03 bits per heavy atom. The first-order valence-corrected chi connectivity index (χ1v) is 11.6. The average molecular weight is 506 g/mol. The zero-order valence-electron chi connectivity index (χ0n) is 22.3. The van der Waals surface area contributed by atoms with Crippen LogP contribution in [0.25, 0.3) is 0 Å². The summed E-state index contributed by atoms with van der Waals surface area (Å²) >= 11 is 4.12. The summed E-state index contributed by atoms with van der Waals surface area (Å²) < 4.78 is 13.3. The molecule has 0 heterocycles. The minimum Gasteiger partial charge on any atom is -0.412 e. The van der Waals surface area contributed by atoms with E-state index >= 15 is 0 Å². The van der Waals surface area contributed by atoms with Crippen LogP contribution in [0, 0.1) is 11.7 Å². The quantitative estimate of drug-likeness (QED) is 0.164. The molecule has 0 fully saturated rings. The van der Waals surface area contributed by atoms with Crippen molar-refractivity contribution >= 4 is 24.0 Å². The summed E-state index contributed by atoms with van der Waals surface area (Å²) in [5.74, 6) is 0.606. The third-order valence-corrected chi connectivity index (χ3v) is 3.52. The van der Waals surface area contributed by atoms with Gasteiger partial charge in [-0.25, -0.2) is 4.39 Å². The van der Waals surface area contributed by atoms with Gasteiger partial charge in [0.2, 0.25) is 0 Å². The number of nitrogens with one attached hydrogen (secondary N) is 1. The maximum atomic E-state index is 13.1. The van der Waals surface area contributed by atoms with Gasteiger partial charge in [0.25, 0.3) is 0 Å². The Bertz CT molecular complexity index is 485. The highest BCUT2D eigenvalue weighted by molar-refractivity contribution is 7.81. The van der Waals surface area contributed by atoms with Crippen molar-refractivity contribution in [3.8, 4) is 0 Å². The lowest BCUT2D eigenvalue weighted by molar-refractivity contribution is 0.399. The first-order valence-electron chi connectivity index (χ1n) is 11.2. The van der Waals surface area contributed by atoms with E-state index in [1.807, 2.05) is 0 Å². The molecule has 0 amide bonds. The molecule has 0 saturated heterocycles. The van der Waals surface area contributed by atoms with Crippen LogP contribution in [0.3, 0.4) is 0 Å². The molecule has 11 N–H and O–H groups in total. The van der Waals surface area contributed by atoms with E-state index < -0.39 is 0 Å². The fraction of sp³-hybridized carbons (Fsp3) is 0.750. The molecule has 7 nitrogen and oxygen atoms in total. The average Bonchev–Trinajstić information content (AvgIpc) is 2.71. The molecule has 33 heavy (non-hydrogen) atoms. The van der Waals surface area contributed by atoms with Crippen molar-refractivity contribution in [1.82, 2.24) is 0 Å². The number of unbranched alkanes of at least 4 members (excludes halogenated alkanes) is 1. The van der Waals surface area contributed by atoms with Crippen molar-refractivity contribution in [2.45, 2.75) is 84.8 Å². The van der Waals surface area contributed by atoms with Gasteiger partial charge >= 0.3 is 0 Å². The predicted octanol–water partition coefficient (Wildman–Crippen LogP) is 4.56. The summed E-state index contributed by atoms with van der Waals surface area (Å²) in [5.41, 5.74) is 11.8. The SMILES string of the molecule is CC(C)(C)S.CCCCNc1ccc(N)cc1F.CCC[C@H](C)CCCN.CO.CO.O.O.[HH].[HH]. The second-order valence-corrected chi connectivity index (χ2v) is 9.36. The van der Waals surface area contributed by atoms with E-state index in [9.17, 15) is 4.39 Å². The van der Waals surface area contributed by atoms with E-state index in [2.05, 4.69) is 59.5 Å². The Morgan fingerprint density at radius 2 is 1.52 bits per heavy atom. The van der Waals surface area contributed by atoms with Crippen molar-refractivity contribution in [2.24, 2.45) is 11.7 Å². The van der Waals surface area contributed by atoms with Gasteiger partial charge in [-0.1, -0.05) is 60.8 Å². The second-order valence-electron chi connectivity index (χ2n) is 8.02. The minimum atomic E-state index is -0.281. The van der Waals surface area contributed by atoms with Gasteiger partial charge in [0.1, 0.15) is 5.82 Å². The standard InChI is InChI=1S/C10H15FN2.C8H19N.C4H10S.2CH4O.2H2O.2H2/c1-2-3-6-13-10-5-4-8(12)7-9(10)11;1-3-5-8(2)6-4-7-9;1-4(2,3)5;2*1-2;;;;/h4-5,7,13H,2-3,6,12H2,1H3;8H,3-7,9H2,1-2H3;5H,1-3H3;2*2H,1H3;2*1H2;2*1H/t;8-;;;;;;;/m.0......./s1. The largest absolute Gasteiger partial charge is 0.412 e. The number of hydrogen-bond acceptors (Lipinski definition) is 6. The number of nitrogens with two attached hydrogens (primary N) is 2. The monoisotopic (exact) mass is 505 g/mol. The number of benzene rings is 1. The molecule has 0 aliphatic rings. The van der Waals surface area contributed by atoms with E-state index in [0.717, 1.165) is 46.1 Å². The van der Waals surface area contributed by atoms with Crippen molar-refractivity contribution in [1.29, 1.82) is 0 Å². The highest BCUT2D eigenvalue weighted by atomic mass is 32.1. The van der Waals surface area contributed by atoms with Gasteiger partial charge in [-0.2, -0.15) is 12.6 Å². The third-order valence-electron chi connectivity index (χ3n) is 3.52. The van der Waals surface area contributed by atoms with Crippen molar-refractivity contribution < 1.29 is 28.4 Å². The van der Waals surface area contributed by atoms with E-state index in [0.29, 0.717) is 11.4 Å². The molecular formula is C24H60FN3O4S. The number of thiol groups is 1. The van der Waals surface area contributed by atoms with Gasteiger partial charge in [0, 0.05) is 34.1 Å². The number of anilines is 2. The summed E-state index contributed by atoms with van der Waals surface area (Å²) in [6, 6.07) is 4.69. The van der Waals surface area contributed by atoms with Crippen molar-refractivity contribution in [2.75, 3.05) is 38.4 Å². The lowest BCUT2D eigenvalue weighted by Crippen LogP contribution is -2.03. The lowest BCUT2D eigenvalue weighted by atomic mass is 10.0. The Labute approximate surface area is 211 Å². The molecule has 0 spiro atoms. The Balaban J connectivity index is -0.0000000492. The minimum absolute atomic E-state index is 0. The molecule has 0 bridgehead atoms. The van der Waals surface area contributed by atoms with E-state index in [1.165, 1.54) is 31.7 Å². The normalized spacial score (nSPS) is 9.85. The fourth-order valence-corrected chi connectivity index (χ4v) is 2.18. The second kappa shape index (κ2) is 33.1. The number of aliphatic hydroxyl groups excluding tert-OH is 2. The van der Waals surface area contributed by atoms with Crippen LogP contribution in [0.4, 0.5) is 15.8 Å². The Kier molecular flexibility index (Phi) is 45.5. The Morgan fingerprint density at radius 3 is 1.88 bits per heavy atom. The van der Waals surface area contributed by atoms with Gasteiger partial charge < -0.3 is 37.9 Å². The van der Waals surface area contributed by atoms with Crippen molar-refractivity contribution in [3.05, 3.63) is 24.0 Å². The maximum absolute atomic E-state index is 13.1. The van der Waals surface area contributed by atoms with Crippen LogP contribution in [0.2, 0.25) is 0 Å². The zero-order valence-corrected chi connectivity index (χ0v) is 23.2. The van der Waals surface area contributed by atoms with Crippen LogP contribution in [-0.4, -0.2) is 53.2 Å². The molecule has 0 unspecified atom stereocenters. The van der Waals surface area contributed by atoms with E-state index in [-0.39, 0.29) is 24.4 Å². The fourth-order valence-electron chi connectivity index (χ4n) is 2.18. The topological polar surface area (TPSA) is 168 Å². The molecule has 1 rings (SSSR count). The molecule has 0 saturated carbocycles. The first-order chi connectivity index (χ1) is 14.5. The molecule has 0 aliphatic heterocycles. The molecular weight excluding hydrogens is 445 g/mol. The summed E-state index contributed by atoms with van der Waals surface area (Å²) in [4.78, 5) is 0. The number of halogens is 1. The van der Waals surface area contributed by atoms with Crippen LogP contribution in [0.15, 0.2) is 18.2 Å². The van der Waals surface area contributed by atoms with Gasteiger partial charge in [-0.3, -0.25) is 0 Å². The van der Waals surface area contributed by atoms with Crippen LogP contribution in [-0.2, 0) is 0 Å². The third kappa shape index (κ3) is 45.2. The first kappa shape index (κ1) is 45.4. The zero-order chi connectivity index (χ0) is 25.3. The molecule has 1 aromatic carbocycles. The number of aliphatic hydroxyl groups is 2. The van der Waals surface area contributed by atoms with Gasteiger partial charge in [0.05, 0.1) is 5.69 Å². The summed E-state index contributed by atoms with van der Waals surface area (Å²) in [5, 5.41) is 17.0. The van der Waals surface area contributed by atoms with E-state index in [1.54, 1.807) is 12.1 Å². The molecule has 0 aromatic heterocycles. The van der Waals surface area contributed by atoms with Gasteiger partial charge in [-0.15, -0.1) is 0 Å². The number of hydrogen-bond donors (Lipinski definition) is 6. The lowest BCUT2D eigenvalue weighted by Gasteiger charge is -2.06. The molecule has 1 aromatic rings. The highest BCUT2D eigenvalue weighted by Crippen LogP contribution is 2.16. The van der Waals surface area contributed by atoms with Crippen LogP contribution in [0.1, 0.15) is 82.9 Å². The molecule has 0 radical (unpaired) electrons. The Hall–Kier alpha value is -1.10. The predicted molar refractivity (Wildman–Crippen MR) is 153 cm³/mol. The summed E-state index contributed by atoms with van der Waals surface area (Å²) in [7, 11) is 2.00. The van der Waals surface area contributed by atoms with Crippen LogP contribution in [0.5, 0.6) is 0 Å². The molecule has 1 atom stereocenters. The summed E-state index contributed by atoms with van der Waals surface area (Å²) in [6.07, 6.45) is 7.32. The van der Waals surface area contributed by atoms with Gasteiger partial charge in [-0.05, 0) is 49.9 Å². The van der Waals surface area contributed by atoms with Crippen molar-refractivity contribution in [3.63, 3.8) is 0 Å². The highest BCUT2D eigenvalue weighted by Gasteiger charge is 2.00. The number of nitrogen functional groups attached to an aromatic ring is 1. The van der Waals surface area contributed by atoms with Crippen LogP contribution >= 0.6 is 12.6 Å². The molecule has 9 heteroatoms. The molecule has 0 aliphatic carbocycles. The maximum Gasteiger partial charge on any atom is 0.148 e. The van der Waals surface area contributed by atoms with Gasteiger partial charge in [0.15, 0.2) is 0 Å². The summed E-state index contributed by atoms with van der Waals surface area (Å²) in [6.45, 7) is 14.5.